The second kappa shape index (κ2) is 8.24. The topological polar surface area (TPSA) is 97.9 Å². The minimum absolute atomic E-state index is 0.0816. The number of pyridine rings is 1. The van der Waals surface area contributed by atoms with Crippen LogP contribution >= 0.6 is 15.9 Å². The number of alkyl halides is 1. The van der Waals surface area contributed by atoms with Gasteiger partial charge in [-0.2, -0.15) is 5.06 Å². The quantitative estimate of drug-likeness (QED) is 0.480. The molecule has 4 atom stereocenters. The minimum atomic E-state index is -0.870. The van der Waals surface area contributed by atoms with Crippen molar-refractivity contribution in [1.29, 1.82) is 0 Å². The summed E-state index contributed by atoms with van der Waals surface area (Å²) < 4.78 is 29.3. The number of nitrogens with zero attached hydrogens (tertiary/aromatic N) is 3. The Balaban J connectivity index is 1.56. The second-order valence-corrected chi connectivity index (χ2v) is 10.2. The lowest BCUT2D eigenvalue weighted by Crippen LogP contribution is -2.52. The maximum atomic E-state index is 14.3. The highest BCUT2D eigenvalue weighted by Crippen LogP contribution is 2.49. The van der Waals surface area contributed by atoms with Crippen LogP contribution in [0.5, 0.6) is 0 Å². The number of carbonyl (C=O) groups excluding carboxylic acids is 2. The van der Waals surface area contributed by atoms with Crippen LogP contribution in [0.3, 0.4) is 0 Å². The first-order chi connectivity index (χ1) is 16.1. The van der Waals surface area contributed by atoms with E-state index in [2.05, 4.69) is 15.9 Å². The third kappa shape index (κ3) is 3.66. The van der Waals surface area contributed by atoms with Gasteiger partial charge in [0.2, 0.25) is 0 Å². The molecule has 0 aliphatic carbocycles. The van der Waals surface area contributed by atoms with E-state index < -0.39 is 34.6 Å². The molecule has 0 radical (unpaired) electrons. The van der Waals surface area contributed by atoms with Crippen LogP contribution in [0, 0.1) is 11.6 Å². The molecule has 11 heteroatoms. The third-order valence-electron chi connectivity index (χ3n) is 7.12. The molecule has 1 aromatic carbocycles. The molecule has 1 spiro atoms. The fourth-order valence-electron chi connectivity index (χ4n) is 5.25. The zero-order valence-corrected chi connectivity index (χ0v) is 19.9. The van der Waals surface area contributed by atoms with E-state index in [0.717, 1.165) is 6.07 Å². The Labute approximate surface area is 202 Å². The van der Waals surface area contributed by atoms with Crippen LogP contribution < -0.4 is 11.2 Å². The lowest BCUT2D eigenvalue weighted by Gasteiger charge is -2.42. The number of halogens is 3. The molecule has 1 aromatic heterocycles. The number of hydrogen-bond donors (Lipinski definition) is 1. The molecular formula is C23H23BrF2N4O4. The molecule has 2 saturated heterocycles. The van der Waals surface area contributed by atoms with E-state index in [1.54, 1.807) is 14.5 Å². The van der Waals surface area contributed by atoms with Gasteiger partial charge in [-0.1, -0.05) is 22.0 Å². The van der Waals surface area contributed by atoms with Crippen LogP contribution in [0.2, 0.25) is 0 Å². The zero-order chi connectivity index (χ0) is 24.4. The van der Waals surface area contributed by atoms with E-state index in [1.165, 1.54) is 24.4 Å². The predicted octanol–water partition coefficient (Wildman–Crippen LogP) is 2.70. The summed E-state index contributed by atoms with van der Waals surface area (Å²) in [6.07, 6.45) is 3.10. The highest BCUT2D eigenvalue weighted by molar-refractivity contribution is 9.09. The number of primary amides is 1. The van der Waals surface area contributed by atoms with Gasteiger partial charge in [-0.25, -0.2) is 8.78 Å². The summed E-state index contributed by atoms with van der Waals surface area (Å²) in [6, 6.07) is 4.08. The van der Waals surface area contributed by atoms with Crippen LogP contribution in [0.1, 0.15) is 58.6 Å². The molecule has 34 heavy (non-hydrogen) atoms. The van der Waals surface area contributed by atoms with Gasteiger partial charge in [0.25, 0.3) is 11.8 Å². The fraction of sp³-hybridized carbons (Fsp3) is 0.435. The van der Waals surface area contributed by atoms with Gasteiger partial charge in [0.05, 0.1) is 17.5 Å². The van der Waals surface area contributed by atoms with Crippen molar-refractivity contribution < 1.29 is 23.2 Å². The summed E-state index contributed by atoms with van der Waals surface area (Å²) in [5.41, 5.74) is 4.27. The van der Waals surface area contributed by atoms with Crippen LogP contribution in [0.15, 0.2) is 35.3 Å². The zero-order valence-electron chi connectivity index (χ0n) is 18.3. The molecule has 2 aromatic rings. The van der Waals surface area contributed by atoms with Crippen LogP contribution in [-0.4, -0.2) is 49.5 Å². The Morgan fingerprint density at radius 2 is 2.06 bits per heavy atom. The molecular weight excluding hydrogens is 514 g/mol. The molecule has 2 N–H and O–H groups in total. The van der Waals surface area contributed by atoms with Gasteiger partial charge in [-0.15, -0.1) is 0 Å². The number of hydroxylamine groups is 2. The van der Waals surface area contributed by atoms with E-state index in [-0.39, 0.29) is 40.3 Å². The molecule has 3 aliphatic heterocycles. The smallest absolute Gasteiger partial charge is 0.270 e. The van der Waals surface area contributed by atoms with E-state index in [0.29, 0.717) is 25.8 Å². The number of hydrogen-bond acceptors (Lipinski definition) is 5. The fourth-order valence-corrected chi connectivity index (χ4v) is 6.03. The maximum Gasteiger partial charge on any atom is 0.270 e. The number of fused-ring (bicyclic) bond motifs is 5. The molecule has 8 nitrogen and oxygen atoms in total. The number of amides is 2. The number of carbonyl (C=O) groups is 2. The maximum absolute atomic E-state index is 14.3. The van der Waals surface area contributed by atoms with Crippen molar-refractivity contribution in [3.05, 3.63) is 69.1 Å². The van der Waals surface area contributed by atoms with Crippen molar-refractivity contribution >= 4 is 27.7 Å². The molecule has 2 fully saturated rings. The van der Waals surface area contributed by atoms with E-state index >= 15 is 0 Å². The largest absolute Gasteiger partial charge is 0.365 e. The molecule has 4 unspecified atom stereocenters. The first-order valence-electron chi connectivity index (χ1n) is 11.0. The average Bonchev–Trinajstić information content (AvgIpc) is 3.03. The number of benzene rings is 1. The van der Waals surface area contributed by atoms with Gasteiger partial charge >= 0.3 is 0 Å². The molecule has 2 amide bonds. The Kier molecular flexibility index (Phi) is 5.61. The monoisotopic (exact) mass is 536 g/mol. The molecule has 5 rings (SSSR count). The summed E-state index contributed by atoms with van der Waals surface area (Å²) in [5, 5.41) is 1.62. The molecule has 4 heterocycles. The Morgan fingerprint density at radius 3 is 2.76 bits per heavy atom. The minimum Gasteiger partial charge on any atom is -0.365 e. The summed E-state index contributed by atoms with van der Waals surface area (Å²) in [6.45, 7) is 2.36. The summed E-state index contributed by atoms with van der Waals surface area (Å²) in [7, 11) is 0. The normalized spacial score (nSPS) is 28.8. The molecule has 2 bridgehead atoms. The van der Waals surface area contributed by atoms with Gasteiger partial charge in [-0.05, 0) is 25.8 Å². The Morgan fingerprint density at radius 1 is 1.29 bits per heavy atom. The SMILES string of the molecule is CC1CCC2(CC(Br)N(Cc3ccc(F)cc3F)O2)C2CN1C(=O)c1cc(=O)c(C(N)=O)cn12. The van der Waals surface area contributed by atoms with E-state index in [1.807, 2.05) is 6.92 Å². The number of nitrogens with two attached hydrogens (primary N) is 1. The highest BCUT2D eigenvalue weighted by Gasteiger charge is 2.55. The third-order valence-corrected chi connectivity index (χ3v) is 7.90. The van der Waals surface area contributed by atoms with Crippen molar-refractivity contribution in [2.75, 3.05) is 6.54 Å². The van der Waals surface area contributed by atoms with Gasteiger partial charge in [-0.3, -0.25) is 19.2 Å². The average molecular weight is 537 g/mol. The van der Waals surface area contributed by atoms with Gasteiger partial charge in [0.1, 0.15) is 28.5 Å². The van der Waals surface area contributed by atoms with E-state index in [4.69, 9.17) is 10.6 Å². The highest BCUT2D eigenvalue weighted by atomic mass is 79.9. The number of rotatable bonds is 3. The van der Waals surface area contributed by atoms with E-state index in [9.17, 15) is 23.2 Å². The molecule has 3 aliphatic rings. The van der Waals surface area contributed by atoms with Crippen molar-refractivity contribution in [3.63, 3.8) is 0 Å². The second-order valence-electron chi connectivity index (χ2n) is 9.17. The summed E-state index contributed by atoms with van der Waals surface area (Å²) in [4.78, 5) is 45.4. The molecule has 0 saturated carbocycles. The van der Waals surface area contributed by atoms with Crippen molar-refractivity contribution in [2.45, 2.75) is 55.4 Å². The number of aromatic nitrogens is 1. The standard InChI is InChI=1S/C23H23BrF2N4O4/c1-12-4-5-23(8-20(24)30(34-23)9-13-2-3-14(25)6-16(13)26)19-11-28(12)22(33)17-7-18(31)15(21(27)32)10-29(17)19/h2-3,6-7,10,12,19-20H,4-5,8-9,11H2,1H3,(H2,27,32). The lowest BCUT2D eigenvalue weighted by atomic mass is 9.85. The van der Waals surface area contributed by atoms with Crippen molar-refractivity contribution in [2.24, 2.45) is 5.73 Å². The lowest BCUT2D eigenvalue weighted by molar-refractivity contribution is -0.219. The first kappa shape index (κ1) is 23.1. The summed E-state index contributed by atoms with van der Waals surface area (Å²) in [5.74, 6) is -2.48. The molecule has 180 valence electrons. The van der Waals surface area contributed by atoms with Gasteiger partial charge < -0.3 is 15.2 Å². The first-order valence-corrected chi connectivity index (χ1v) is 11.9. The van der Waals surface area contributed by atoms with Crippen molar-refractivity contribution in [1.82, 2.24) is 14.5 Å². The Bertz CT molecular complexity index is 1250. The van der Waals surface area contributed by atoms with Gasteiger partial charge in [0.15, 0.2) is 5.43 Å². The summed E-state index contributed by atoms with van der Waals surface area (Å²) >= 11 is 3.63. The van der Waals surface area contributed by atoms with Crippen LogP contribution in [0.4, 0.5) is 8.78 Å². The van der Waals surface area contributed by atoms with Crippen molar-refractivity contribution in [3.8, 4) is 0 Å². The van der Waals surface area contributed by atoms with Gasteiger partial charge in [0, 0.05) is 42.9 Å². The van der Waals surface area contributed by atoms with Crippen LogP contribution in [-0.2, 0) is 11.4 Å². The predicted molar refractivity (Wildman–Crippen MR) is 121 cm³/mol. The Hall–Kier alpha value is -2.63. The van der Waals surface area contributed by atoms with Crippen LogP contribution in [0.25, 0.3) is 0 Å².